The van der Waals surface area contributed by atoms with E-state index in [1.54, 1.807) is 0 Å². The number of ether oxygens (including phenoxy) is 3. The molecule has 0 rings (SSSR count). The smallest absolute Gasteiger partial charge is 0.306 e. The number of hydrogen-bond donors (Lipinski definition) is 0. The molecule has 0 aromatic carbocycles. The molecule has 0 aromatic rings. The van der Waals surface area contributed by atoms with Gasteiger partial charge >= 0.3 is 17.9 Å². The second-order valence-corrected chi connectivity index (χ2v) is 19.2. The molecule has 1 atom stereocenters. The Morgan fingerprint density at radius 2 is 0.636 bits per heavy atom. The zero-order valence-electron chi connectivity index (χ0n) is 44.0. The van der Waals surface area contributed by atoms with Crippen molar-refractivity contribution in [3.63, 3.8) is 0 Å². The molecule has 0 radical (unpaired) electrons. The maximum absolute atomic E-state index is 12.8. The Morgan fingerprint density at radius 3 is 1.03 bits per heavy atom. The molecule has 0 aliphatic rings. The minimum absolute atomic E-state index is 0.0767. The lowest BCUT2D eigenvalue weighted by Gasteiger charge is -2.18. The molecule has 6 nitrogen and oxygen atoms in total. The number of allylic oxidation sites excluding steroid dienone is 8. The number of rotatable bonds is 52. The van der Waals surface area contributed by atoms with Crippen molar-refractivity contribution in [2.45, 2.75) is 303 Å². The molecule has 0 aliphatic carbocycles. The van der Waals surface area contributed by atoms with Crippen molar-refractivity contribution in [2.24, 2.45) is 0 Å². The molecule has 0 aromatic heterocycles. The van der Waals surface area contributed by atoms with E-state index in [1.807, 2.05) is 0 Å². The highest BCUT2D eigenvalue weighted by Crippen LogP contribution is 2.16. The molecular formula is C60H108O6. The lowest BCUT2D eigenvalue weighted by atomic mass is 10.0. The van der Waals surface area contributed by atoms with Gasteiger partial charge in [0.25, 0.3) is 0 Å². The van der Waals surface area contributed by atoms with Crippen molar-refractivity contribution in [2.75, 3.05) is 13.2 Å². The molecule has 0 N–H and O–H groups in total. The maximum Gasteiger partial charge on any atom is 0.306 e. The van der Waals surface area contributed by atoms with Gasteiger partial charge in [-0.15, -0.1) is 0 Å². The zero-order chi connectivity index (χ0) is 47.9. The Morgan fingerprint density at radius 1 is 0.333 bits per heavy atom. The summed E-state index contributed by atoms with van der Waals surface area (Å²) in [7, 11) is 0. The average Bonchev–Trinajstić information content (AvgIpc) is 3.31. The van der Waals surface area contributed by atoms with Gasteiger partial charge in [0.2, 0.25) is 0 Å². The number of esters is 3. The van der Waals surface area contributed by atoms with Crippen LogP contribution in [0.3, 0.4) is 0 Å². The van der Waals surface area contributed by atoms with Crippen LogP contribution in [-0.2, 0) is 28.6 Å². The highest BCUT2D eigenvalue weighted by molar-refractivity contribution is 5.71. The fraction of sp³-hybridized carbons (Fsp3) is 0.817. The maximum atomic E-state index is 12.8. The Balaban J connectivity index is 4.32. The van der Waals surface area contributed by atoms with E-state index in [2.05, 4.69) is 69.4 Å². The van der Waals surface area contributed by atoms with Gasteiger partial charge in [0.15, 0.2) is 6.10 Å². The molecule has 0 fully saturated rings. The predicted molar refractivity (Wildman–Crippen MR) is 284 cm³/mol. The molecule has 0 spiro atoms. The third kappa shape index (κ3) is 52.3. The second kappa shape index (κ2) is 55.0. The molecule has 1 unspecified atom stereocenters. The number of carbonyl (C=O) groups excluding carboxylic acids is 3. The number of carbonyl (C=O) groups is 3. The Kier molecular flexibility index (Phi) is 52.8. The molecule has 384 valence electrons. The van der Waals surface area contributed by atoms with E-state index in [9.17, 15) is 14.4 Å². The van der Waals surface area contributed by atoms with Crippen LogP contribution < -0.4 is 0 Å². The standard InChI is InChI=1S/C60H108O6/c1-4-7-10-13-16-19-22-25-27-29-30-32-33-35-38-41-44-47-50-53-59(62)65-56-57(55-64-58(61)52-49-46-43-40-37-24-21-18-15-12-9-6-3)66-60(63)54-51-48-45-42-39-36-34-31-28-26-23-20-17-14-11-8-5-2/h9,12,16,18-19,21-22,25,57H,4-8,10-11,13-15,17,20,23-24,26-56H2,1-3H3/b12-9-,19-16-,21-18-,25-22-. The Labute approximate surface area is 409 Å². The summed E-state index contributed by atoms with van der Waals surface area (Å²) >= 11 is 0. The summed E-state index contributed by atoms with van der Waals surface area (Å²) in [5, 5.41) is 0. The topological polar surface area (TPSA) is 78.9 Å². The summed E-state index contributed by atoms with van der Waals surface area (Å²) in [4.78, 5) is 38.1. The van der Waals surface area contributed by atoms with Gasteiger partial charge in [-0.2, -0.15) is 0 Å². The van der Waals surface area contributed by atoms with Crippen molar-refractivity contribution >= 4 is 17.9 Å². The highest BCUT2D eigenvalue weighted by atomic mass is 16.6. The zero-order valence-corrected chi connectivity index (χ0v) is 44.0. The van der Waals surface area contributed by atoms with Gasteiger partial charge in [0.05, 0.1) is 0 Å². The monoisotopic (exact) mass is 925 g/mol. The SMILES string of the molecule is CC/C=C\C/C=C\CCCCCCCC(=O)OCC(COC(=O)CCCCCCCCCCCC/C=C\C=C/CCCCC)OC(=O)CCCCCCCCCCCCCCCCCCC. The predicted octanol–water partition coefficient (Wildman–Crippen LogP) is 19.0. The summed E-state index contributed by atoms with van der Waals surface area (Å²) < 4.78 is 16.9. The molecule has 0 saturated carbocycles. The van der Waals surface area contributed by atoms with E-state index >= 15 is 0 Å². The first-order chi connectivity index (χ1) is 32.5. The van der Waals surface area contributed by atoms with Crippen LogP contribution in [0.2, 0.25) is 0 Å². The van der Waals surface area contributed by atoms with E-state index in [4.69, 9.17) is 14.2 Å². The van der Waals surface area contributed by atoms with E-state index in [1.165, 1.54) is 173 Å². The molecule has 0 heterocycles. The first-order valence-corrected chi connectivity index (χ1v) is 28.7. The molecule has 6 heteroatoms. The van der Waals surface area contributed by atoms with Crippen LogP contribution in [0.1, 0.15) is 297 Å². The fourth-order valence-electron chi connectivity index (χ4n) is 8.30. The van der Waals surface area contributed by atoms with Crippen LogP contribution in [0, 0.1) is 0 Å². The summed E-state index contributed by atoms with van der Waals surface area (Å²) in [5.74, 6) is -0.880. The molecule has 0 saturated heterocycles. The van der Waals surface area contributed by atoms with Crippen molar-refractivity contribution in [3.8, 4) is 0 Å². The molecule has 0 aliphatic heterocycles. The van der Waals surface area contributed by atoms with Crippen molar-refractivity contribution < 1.29 is 28.6 Å². The number of unbranched alkanes of at least 4 members (excludes halogenated alkanes) is 34. The van der Waals surface area contributed by atoms with Gasteiger partial charge < -0.3 is 14.2 Å². The van der Waals surface area contributed by atoms with Gasteiger partial charge in [-0.25, -0.2) is 0 Å². The minimum Gasteiger partial charge on any atom is -0.462 e. The molecular weight excluding hydrogens is 817 g/mol. The third-order valence-electron chi connectivity index (χ3n) is 12.6. The van der Waals surface area contributed by atoms with Crippen LogP contribution in [0.5, 0.6) is 0 Å². The summed E-state index contributed by atoms with van der Waals surface area (Å²) in [5.41, 5.74) is 0. The molecule has 0 amide bonds. The highest BCUT2D eigenvalue weighted by Gasteiger charge is 2.19. The first-order valence-electron chi connectivity index (χ1n) is 28.7. The fourth-order valence-corrected chi connectivity index (χ4v) is 8.30. The largest absolute Gasteiger partial charge is 0.462 e. The van der Waals surface area contributed by atoms with E-state index in [0.29, 0.717) is 19.3 Å². The van der Waals surface area contributed by atoms with E-state index in [-0.39, 0.29) is 31.1 Å². The minimum atomic E-state index is -0.777. The van der Waals surface area contributed by atoms with Gasteiger partial charge in [0.1, 0.15) is 13.2 Å². The quantitative estimate of drug-likeness (QED) is 0.0199. The van der Waals surface area contributed by atoms with Crippen LogP contribution >= 0.6 is 0 Å². The summed E-state index contributed by atoms with van der Waals surface area (Å²) in [6, 6.07) is 0. The summed E-state index contributed by atoms with van der Waals surface area (Å²) in [6.07, 6.45) is 66.7. The lowest BCUT2D eigenvalue weighted by molar-refractivity contribution is -0.167. The first kappa shape index (κ1) is 63.4. The number of hydrogen-bond acceptors (Lipinski definition) is 6. The van der Waals surface area contributed by atoms with Crippen LogP contribution in [-0.4, -0.2) is 37.2 Å². The van der Waals surface area contributed by atoms with Crippen molar-refractivity contribution in [1.29, 1.82) is 0 Å². The Hall–Kier alpha value is -2.63. The average molecular weight is 926 g/mol. The summed E-state index contributed by atoms with van der Waals surface area (Å²) in [6.45, 7) is 6.52. The van der Waals surface area contributed by atoms with Crippen LogP contribution in [0.15, 0.2) is 48.6 Å². The van der Waals surface area contributed by atoms with Gasteiger partial charge in [0, 0.05) is 19.3 Å². The second-order valence-electron chi connectivity index (χ2n) is 19.2. The van der Waals surface area contributed by atoms with Gasteiger partial charge in [-0.1, -0.05) is 256 Å². The van der Waals surface area contributed by atoms with Crippen molar-refractivity contribution in [1.82, 2.24) is 0 Å². The lowest BCUT2D eigenvalue weighted by Crippen LogP contribution is -2.30. The molecule has 0 bridgehead atoms. The van der Waals surface area contributed by atoms with Gasteiger partial charge in [-0.3, -0.25) is 14.4 Å². The van der Waals surface area contributed by atoms with E-state index < -0.39 is 6.10 Å². The molecule has 66 heavy (non-hydrogen) atoms. The van der Waals surface area contributed by atoms with Gasteiger partial charge in [-0.05, 0) is 70.6 Å². The van der Waals surface area contributed by atoms with Crippen LogP contribution in [0.4, 0.5) is 0 Å². The normalized spacial score (nSPS) is 12.3. The Bertz CT molecular complexity index is 1150. The van der Waals surface area contributed by atoms with Crippen LogP contribution in [0.25, 0.3) is 0 Å². The van der Waals surface area contributed by atoms with Crippen molar-refractivity contribution in [3.05, 3.63) is 48.6 Å². The third-order valence-corrected chi connectivity index (χ3v) is 12.6. The van der Waals surface area contributed by atoms with E-state index in [0.717, 1.165) is 83.5 Å².